The van der Waals surface area contributed by atoms with Crippen LogP contribution in [0.3, 0.4) is 0 Å². The van der Waals surface area contributed by atoms with E-state index in [4.69, 9.17) is 12.6 Å². The monoisotopic (exact) mass is 408 g/mol. The Morgan fingerprint density at radius 3 is 2.61 bits per heavy atom. The first kappa shape index (κ1) is 20.3. The Balaban J connectivity index is 1.96. The molecule has 0 fully saturated rings. The van der Waals surface area contributed by atoms with Gasteiger partial charge in [-0.3, -0.25) is 0 Å². The fourth-order valence-electron chi connectivity index (χ4n) is 2.90. The van der Waals surface area contributed by atoms with E-state index >= 15 is 0 Å². The molecule has 5 nitrogen and oxygen atoms in total. The number of sulfonamides is 1. The van der Waals surface area contributed by atoms with E-state index in [9.17, 15) is 21.6 Å². The van der Waals surface area contributed by atoms with E-state index in [0.717, 1.165) is 6.07 Å². The molecule has 2 aromatic carbocycles. The van der Waals surface area contributed by atoms with Crippen LogP contribution in [0.25, 0.3) is 10.9 Å². The van der Waals surface area contributed by atoms with Gasteiger partial charge >= 0.3 is 6.18 Å². The third-order valence-electron chi connectivity index (χ3n) is 4.27. The molecule has 2 N–H and O–H groups in total. The van der Waals surface area contributed by atoms with Crippen molar-refractivity contribution in [2.24, 2.45) is 0 Å². The molecule has 0 amide bonds. The third-order valence-corrected chi connectivity index (χ3v) is 5.76. The van der Waals surface area contributed by atoms with Crippen LogP contribution in [0.5, 0.6) is 5.75 Å². The summed E-state index contributed by atoms with van der Waals surface area (Å²) < 4.78 is 72.9. The van der Waals surface area contributed by atoms with Gasteiger partial charge in [-0.2, -0.15) is 17.9 Å². The molecule has 0 spiro atoms. The second-order valence-electron chi connectivity index (χ2n) is 6.19. The van der Waals surface area contributed by atoms with Crippen molar-refractivity contribution in [3.8, 4) is 5.75 Å². The molecule has 3 rings (SSSR count). The summed E-state index contributed by atoms with van der Waals surface area (Å²) >= 11 is 0. The van der Waals surface area contributed by atoms with E-state index in [0.29, 0.717) is 16.5 Å². The van der Waals surface area contributed by atoms with Crippen molar-refractivity contribution in [1.82, 2.24) is 9.71 Å². The zero-order valence-corrected chi connectivity index (χ0v) is 15.6. The molecule has 1 unspecified atom stereocenters. The Hall–Kier alpha value is -2.46. The minimum absolute atomic E-state index is 0.0846. The predicted molar refractivity (Wildman–Crippen MR) is 101 cm³/mol. The van der Waals surface area contributed by atoms with E-state index in [-0.39, 0.29) is 11.2 Å². The maximum Gasteiger partial charge on any atom is 0.405 e. The number of rotatable bonds is 6. The molecular formula is C18H16BF3N2O3S. The first-order valence-corrected chi connectivity index (χ1v) is 9.67. The molecule has 0 aliphatic carbocycles. The number of para-hydroxylation sites is 1. The molecule has 3 aromatic rings. The number of aromatic nitrogens is 1. The normalized spacial score (nSPS) is 13.6. The average molecular weight is 408 g/mol. The number of hydrogen-bond acceptors (Lipinski definition) is 3. The molecule has 0 aliphatic heterocycles. The highest BCUT2D eigenvalue weighted by Crippen LogP contribution is 2.29. The van der Waals surface area contributed by atoms with Crippen LogP contribution in [0, 0.1) is 0 Å². The largest absolute Gasteiger partial charge is 0.495 e. The fraction of sp³-hybridized carbons (Fsp3) is 0.222. The molecule has 0 bridgehead atoms. The molecule has 1 heterocycles. The van der Waals surface area contributed by atoms with Crippen LogP contribution >= 0.6 is 0 Å². The molecule has 10 heteroatoms. The number of halogens is 3. The summed E-state index contributed by atoms with van der Waals surface area (Å²) in [7, 11) is 2.26. The van der Waals surface area contributed by atoms with Gasteiger partial charge in [0.2, 0.25) is 10.0 Å². The van der Waals surface area contributed by atoms with E-state index in [1.165, 1.54) is 25.4 Å². The third kappa shape index (κ3) is 4.17. The van der Waals surface area contributed by atoms with E-state index in [2.05, 4.69) is 4.98 Å². The Morgan fingerprint density at radius 1 is 1.21 bits per heavy atom. The number of fused-ring (bicyclic) bond motifs is 1. The van der Waals surface area contributed by atoms with Gasteiger partial charge in [0.05, 0.1) is 7.11 Å². The van der Waals surface area contributed by atoms with Crippen molar-refractivity contribution in [2.75, 3.05) is 7.11 Å². The van der Waals surface area contributed by atoms with Crippen LogP contribution in [0.15, 0.2) is 53.6 Å². The maximum absolute atomic E-state index is 13.6. The molecule has 2 radical (unpaired) electrons. The number of nitrogens with one attached hydrogen (secondary N) is 2. The van der Waals surface area contributed by atoms with Crippen LogP contribution in [-0.4, -0.2) is 40.6 Å². The second kappa shape index (κ2) is 7.52. The first-order chi connectivity index (χ1) is 13.1. The summed E-state index contributed by atoms with van der Waals surface area (Å²) in [5.74, 6) is -0.102. The smallest absolute Gasteiger partial charge is 0.405 e. The van der Waals surface area contributed by atoms with Crippen LogP contribution in [0.4, 0.5) is 13.2 Å². The highest BCUT2D eigenvalue weighted by Gasteiger charge is 2.43. The highest BCUT2D eigenvalue weighted by atomic mass is 32.2. The molecule has 146 valence electrons. The van der Waals surface area contributed by atoms with Gasteiger partial charge in [-0.05, 0) is 30.2 Å². The van der Waals surface area contributed by atoms with Crippen molar-refractivity contribution in [3.05, 3.63) is 54.2 Å². The zero-order chi connectivity index (χ0) is 20.5. The second-order valence-corrected chi connectivity index (χ2v) is 7.87. The zero-order valence-electron chi connectivity index (χ0n) is 14.7. The van der Waals surface area contributed by atoms with Gasteiger partial charge in [-0.1, -0.05) is 29.7 Å². The van der Waals surface area contributed by atoms with E-state index < -0.39 is 33.6 Å². The number of benzene rings is 2. The Morgan fingerprint density at radius 2 is 1.93 bits per heavy atom. The predicted octanol–water partition coefficient (Wildman–Crippen LogP) is 2.42. The standard InChI is InChI=1S/C18H16BF3N2O3S/c1-27-15-7-6-12(19)9-16(15)28(25,26)24-17(18(20,21)22)8-11-10-23-14-5-3-2-4-13(11)14/h2-7,9-10,17,23-24H,8H2,1H3. The lowest BCUT2D eigenvalue weighted by Gasteiger charge is -2.22. The number of alkyl halides is 3. The van der Waals surface area contributed by atoms with Crippen molar-refractivity contribution in [1.29, 1.82) is 0 Å². The number of hydrogen-bond donors (Lipinski definition) is 2. The van der Waals surface area contributed by atoms with Crippen molar-refractivity contribution in [2.45, 2.75) is 23.5 Å². The lowest BCUT2D eigenvalue weighted by molar-refractivity contribution is -0.150. The molecule has 1 atom stereocenters. The van der Waals surface area contributed by atoms with Crippen LogP contribution in [-0.2, 0) is 16.4 Å². The fourth-order valence-corrected chi connectivity index (χ4v) is 4.32. The minimum atomic E-state index is -4.81. The average Bonchev–Trinajstić information content (AvgIpc) is 3.03. The molecule has 0 saturated heterocycles. The van der Waals surface area contributed by atoms with Gasteiger partial charge in [-0.25, -0.2) is 8.42 Å². The number of H-pyrrole nitrogens is 1. The van der Waals surface area contributed by atoms with Crippen LogP contribution in [0.2, 0.25) is 0 Å². The lowest BCUT2D eigenvalue weighted by Crippen LogP contribution is -2.46. The number of aromatic amines is 1. The molecule has 28 heavy (non-hydrogen) atoms. The topological polar surface area (TPSA) is 71.2 Å². The van der Waals surface area contributed by atoms with Crippen LogP contribution in [0.1, 0.15) is 5.56 Å². The summed E-state index contributed by atoms with van der Waals surface area (Å²) in [5, 5.41) is 0.595. The highest BCUT2D eigenvalue weighted by molar-refractivity contribution is 7.89. The van der Waals surface area contributed by atoms with Crippen LogP contribution < -0.4 is 14.9 Å². The lowest BCUT2D eigenvalue weighted by atomic mass is 9.97. The summed E-state index contributed by atoms with van der Waals surface area (Å²) in [6.45, 7) is 0. The van der Waals surface area contributed by atoms with Gasteiger partial charge in [0, 0.05) is 17.1 Å². The van der Waals surface area contributed by atoms with Gasteiger partial charge in [-0.15, -0.1) is 0 Å². The summed E-state index contributed by atoms with van der Waals surface area (Å²) in [4.78, 5) is 2.43. The Kier molecular flexibility index (Phi) is 5.45. The van der Waals surface area contributed by atoms with Crippen molar-refractivity contribution >= 4 is 34.2 Å². The summed E-state index contributed by atoms with van der Waals surface area (Å²) in [6.07, 6.45) is -3.94. The molecule has 0 saturated carbocycles. The van der Waals surface area contributed by atoms with E-state index in [1.54, 1.807) is 29.0 Å². The van der Waals surface area contributed by atoms with Crippen molar-refractivity contribution < 1.29 is 26.3 Å². The molecule has 0 aliphatic rings. The summed E-state index contributed by atoms with van der Waals surface area (Å²) in [5.41, 5.74) is 1.10. The molecular weight excluding hydrogens is 392 g/mol. The van der Waals surface area contributed by atoms with Gasteiger partial charge in [0.1, 0.15) is 24.5 Å². The first-order valence-electron chi connectivity index (χ1n) is 8.19. The van der Waals surface area contributed by atoms with Gasteiger partial charge < -0.3 is 9.72 Å². The Labute approximate surface area is 161 Å². The van der Waals surface area contributed by atoms with Gasteiger partial charge in [0.25, 0.3) is 0 Å². The minimum Gasteiger partial charge on any atom is -0.495 e. The SMILES string of the molecule is [B]c1ccc(OC)c(S(=O)(=O)NC(Cc2c[nH]c3ccccc23)C(F)(F)F)c1. The number of methoxy groups -OCH3 is 1. The van der Waals surface area contributed by atoms with Crippen molar-refractivity contribution in [3.63, 3.8) is 0 Å². The Bertz CT molecular complexity index is 1100. The summed E-state index contributed by atoms with van der Waals surface area (Å²) in [6, 6.07) is 8.25. The quantitative estimate of drug-likeness (QED) is 0.616. The van der Waals surface area contributed by atoms with E-state index in [1.807, 2.05) is 0 Å². The molecule has 1 aromatic heterocycles. The maximum atomic E-state index is 13.6. The van der Waals surface area contributed by atoms with Gasteiger partial charge in [0.15, 0.2) is 0 Å². The number of ether oxygens (including phenoxy) is 1.